The van der Waals surface area contributed by atoms with Crippen molar-refractivity contribution >= 4 is 0 Å². The predicted octanol–water partition coefficient (Wildman–Crippen LogP) is 3.14. The van der Waals surface area contributed by atoms with Crippen LogP contribution >= 0.6 is 0 Å². The van der Waals surface area contributed by atoms with Crippen LogP contribution in [0.5, 0.6) is 0 Å². The van der Waals surface area contributed by atoms with E-state index >= 15 is 0 Å². The fourth-order valence-electron chi connectivity index (χ4n) is 1.14. The number of alkyl halides is 2. The highest BCUT2D eigenvalue weighted by Gasteiger charge is 2.30. The zero-order chi connectivity index (χ0) is 10.8. The van der Waals surface area contributed by atoms with Crippen LogP contribution in [0, 0.1) is 18.3 Å². The fourth-order valence-corrected chi connectivity index (χ4v) is 1.14. The number of hydrogen-bond acceptors (Lipinski definition) is 1. The second-order valence-electron chi connectivity index (χ2n) is 2.99. The molecule has 0 aromatic heterocycles. The molecule has 0 amide bonds. The molecule has 14 heavy (non-hydrogen) atoms. The molecule has 1 rings (SSSR count). The molecule has 0 radical (unpaired) electrons. The third-order valence-corrected chi connectivity index (χ3v) is 1.91. The largest absolute Gasteiger partial charge is 0.292 e. The Morgan fingerprint density at radius 3 is 2.64 bits per heavy atom. The molecule has 0 aliphatic carbocycles. The standard InChI is InChI=1S/C11H9F2N/c1-3-11(12,13)10-6-8(2)4-5-9(10)7-14/h3-6H,1H2,2H3. The van der Waals surface area contributed by atoms with E-state index in [1.54, 1.807) is 19.1 Å². The SMILES string of the molecule is C=CC(F)(F)c1cc(C)ccc1C#N. The van der Waals surface area contributed by atoms with E-state index < -0.39 is 5.92 Å². The smallest absolute Gasteiger partial charge is 0.196 e. The summed E-state index contributed by atoms with van der Waals surface area (Å²) >= 11 is 0. The molecule has 0 spiro atoms. The summed E-state index contributed by atoms with van der Waals surface area (Å²) in [6.45, 7) is 4.75. The summed E-state index contributed by atoms with van der Waals surface area (Å²) in [4.78, 5) is 0. The Bertz CT molecular complexity index is 402. The van der Waals surface area contributed by atoms with E-state index in [0.29, 0.717) is 11.6 Å². The molecule has 72 valence electrons. The van der Waals surface area contributed by atoms with Crippen molar-refractivity contribution in [3.05, 3.63) is 47.5 Å². The Balaban J connectivity index is 3.39. The van der Waals surface area contributed by atoms with Gasteiger partial charge in [-0.25, -0.2) is 0 Å². The van der Waals surface area contributed by atoms with Gasteiger partial charge in [0, 0.05) is 5.56 Å². The number of nitriles is 1. The Morgan fingerprint density at radius 1 is 1.50 bits per heavy atom. The molecule has 0 N–H and O–H groups in total. The van der Waals surface area contributed by atoms with Crippen molar-refractivity contribution in [3.8, 4) is 6.07 Å². The first kappa shape index (κ1) is 10.4. The maximum Gasteiger partial charge on any atom is 0.292 e. The van der Waals surface area contributed by atoms with Gasteiger partial charge < -0.3 is 0 Å². The highest BCUT2D eigenvalue weighted by molar-refractivity contribution is 5.43. The van der Waals surface area contributed by atoms with Crippen LogP contribution in [-0.4, -0.2) is 0 Å². The van der Waals surface area contributed by atoms with Gasteiger partial charge in [-0.1, -0.05) is 18.2 Å². The minimum Gasteiger partial charge on any atom is -0.196 e. The van der Waals surface area contributed by atoms with Gasteiger partial charge in [0.15, 0.2) is 0 Å². The van der Waals surface area contributed by atoms with E-state index in [2.05, 4.69) is 6.58 Å². The average molecular weight is 193 g/mol. The van der Waals surface area contributed by atoms with Gasteiger partial charge in [-0.15, -0.1) is 0 Å². The minimum atomic E-state index is -3.14. The normalized spacial score (nSPS) is 10.7. The number of benzene rings is 1. The summed E-state index contributed by atoms with van der Waals surface area (Å²) in [6.07, 6.45) is 0.544. The Morgan fingerprint density at radius 2 is 2.14 bits per heavy atom. The molecule has 0 aliphatic heterocycles. The number of hydrogen-bond donors (Lipinski definition) is 0. The second-order valence-corrected chi connectivity index (χ2v) is 2.99. The van der Waals surface area contributed by atoms with Crippen molar-refractivity contribution in [2.24, 2.45) is 0 Å². The highest BCUT2D eigenvalue weighted by atomic mass is 19.3. The van der Waals surface area contributed by atoms with E-state index in [1.165, 1.54) is 12.1 Å². The van der Waals surface area contributed by atoms with Crippen LogP contribution in [0.15, 0.2) is 30.9 Å². The van der Waals surface area contributed by atoms with Gasteiger partial charge in [0.1, 0.15) is 0 Å². The highest BCUT2D eigenvalue weighted by Crippen LogP contribution is 2.31. The fraction of sp³-hybridized carbons (Fsp3) is 0.182. The maximum atomic E-state index is 13.2. The lowest BCUT2D eigenvalue weighted by Crippen LogP contribution is -2.11. The van der Waals surface area contributed by atoms with Crippen molar-refractivity contribution in [2.45, 2.75) is 12.8 Å². The van der Waals surface area contributed by atoms with Gasteiger partial charge in [0.05, 0.1) is 11.6 Å². The lowest BCUT2D eigenvalue weighted by atomic mass is 10.00. The summed E-state index contributed by atoms with van der Waals surface area (Å²) < 4.78 is 26.5. The average Bonchev–Trinajstić information content (AvgIpc) is 2.18. The molecule has 3 heteroatoms. The molecule has 0 unspecified atom stereocenters. The van der Waals surface area contributed by atoms with E-state index in [9.17, 15) is 8.78 Å². The first-order valence-electron chi connectivity index (χ1n) is 4.04. The number of halogens is 2. The Labute approximate surface area is 81.3 Å². The van der Waals surface area contributed by atoms with Gasteiger partial charge in [0.25, 0.3) is 5.92 Å². The Kier molecular flexibility index (Phi) is 2.66. The molecular formula is C11H9F2N. The quantitative estimate of drug-likeness (QED) is 0.662. The molecule has 0 bridgehead atoms. The molecule has 0 saturated carbocycles. The van der Waals surface area contributed by atoms with Crippen molar-refractivity contribution in [1.29, 1.82) is 5.26 Å². The van der Waals surface area contributed by atoms with Gasteiger partial charge >= 0.3 is 0 Å². The zero-order valence-electron chi connectivity index (χ0n) is 7.72. The third-order valence-electron chi connectivity index (χ3n) is 1.91. The van der Waals surface area contributed by atoms with Crippen LogP contribution in [0.2, 0.25) is 0 Å². The van der Waals surface area contributed by atoms with Gasteiger partial charge in [-0.2, -0.15) is 14.0 Å². The molecule has 0 saturated heterocycles. The summed E-state index contributed by atoms with van der Waals surface area (Å²) in [5.74, 6) is -3.14. The summed E-state index contributed by atoms with van der Waals surface area (Å²) in [5.41, 5.74) is 0.399. The molecule has 1 aromatic rings. The van der Waals surface area contributed by atoms with Crippen LogP contribution < -0.4 is 0 Å². The third kappa shape index (κ3) is 1.80. The number of nitrogens with zero attached hydrogens (tertiary/aromatic N) is 1. The second kappa shape index (κ2) is 3.59. The molecule has 1 nitrogen and oxygen atoms in total. The molecule has 0 fully saturated rings. The van der Waals surface area contributed by atoms with Crippen molar-refractivity contribution in [2.75, 3.05) is 0 Å². The van der Waals surface area contributed by atoms with Gasteiger partial charge in [-0.3, -0.25) is 0 Å². The lowest BCUT2D eigenvalue weighted by Gasteiger charge is -2.13. The van der Waals surface area contributed by atoms with Crippen LogP contribution in [0.1, 0.15) is 16.7 Å². The first-order valence-corrected chi connectivity index (χ1v) is 4.04. The Hall–Kier alpha value is -1.69. The van der Waals surface area contributed by atoms with Crippen molar-refractivity contribution in [1.82, 2.24) is 0 Å². The van der Waals surface area contributed by atoms with Crippen molar-refractivity contribution < 1.29 is 8.78 Å². The van der Waals surface area contributed by atoms with E-state index in [4.69, 9.17) is 5.26 Å². The van der Waals surface area contributed by atoms with Crippen LogP contribution in [-0.2, 0) is 5.92 Å². The zero-order valence-corrected chi connectivity index (χ0v) is 7.72. The summed E-state index contributed by atoms with van der Waals surface area (Å²) in [5, 5.41) is 8.65. The number of aryl methyl sites for hydroxylation is 1. The topological polar surface area (TPSA) is 23.8 Å². The summed E-state index contributed by atoms with van der Waals surface area (Å²) in [6, 6.07) is 6.06. The van der Waals surface area contributed by atoms with Crippen molar-refractivity contribution in [3.63, 3.8) is 0 Å². The number of allylic oxidation sites excluding steroid dienone is 1. The van der Waals surface area contributed by atoms with Gasteiger partial charge in [-0.05, 0) is 25.1 Å². The van der Waals surface area contributed by atoms with Gasteiger partial charge in [0.2, 0.25) is 0 Å². The molecule has 0 aliphatic rings. The van der Waals surface area contributed by atoms with E-state index in [1.807, 2.05) is 0 Å². The maximum absolute atomic E-state index is 13.2. The summed E-state index contributed by atoms with van der Waals surface area (Å²) in [7, 11) is 0. The monoisotopic (exact) mass is 193 g/mol. The predicted molar refractivity (Wildman–Crippen MR) is 50.0 cm³/mol. The van der Waals surface area contributed by atoms with Crippen LogP contribution in [0.25, 0.3) is 0 Å². The molecule has 0 atom stereocenters. The number of rotatable bonds is 2. The molecular weight excluding hydrogens is 184 g/mol. The van der Waals surface area contributed by atoms with Crippen LogP contribution in [0.4, 0.5) is 8.78 Å². The minimum absolute atomic E-state index is 0.0134. The lowest BCUT2D eigenvalue weighted by molar-refractivity contribution is 0.0522. The van der Waals surface area contributed by atoms with E-state index in [0.717, 1.165) is 0 Å². The van der Waals surface area contributed by atoms with E-state index in [-0.39, 0.29) is 11.1 Å². The molecule has 1 aromatic carbocycles. The first-order chi connectivity index (χ1) is 6.51. The molecule has 0 heterocycles. The van der Waals surface area contributed by atoms with Crippen LogP contribution in [0.3, 0.4) is 0 Å².